The Balaban J connectivity index is 1.46. The van der Waals surface area contributed by atoms with Crippen LogP contribution >= 0.6 is 0 Å². The van der Waals surface area contributed by atoms with Crippen LogP contribution in [0.4, 0.5) is 13.2 Å². The molecule has 0 bridgehead atoms. The zero-order valence-corrected chi connectivity index (χ0v) is 19.6. The Morgan fingerprint density at radius 3 is 2.36 bits per heavy atom. The summed E-state index contributed by atoms with van der Waals surface area (Å²) in [6.07, 6.45) is -1.69. The van der Waals surface area contributed by atoms with Crippen molar-refractivity contribution in [2.75, 3.05) is 13.2 Å². The van der Waals surface area contributed by atoms with Crippen molar-refractivity contribution in [3.8, 4) is 11.4 Å². The monoisotopic (exact) mass is 501 g/mol. The van der Waals surface area contributed by atoms with E-state index in [1.54, 1.807) is 28.9 Å². The lowest BCUT2D eigenvalue weighted by Crippen LogP contribution is -2.27. The van der Waals surface area contributed by atoms with Crippen molar-refractivity contribution in [1.82, 2.24) is 25.6 Å². The highest BCUT2D eigenvalue weighted by Gasteiger charge is 2.30. The Morgan fingerprint density at radius 1 is 1.06 bits per heavy atom. The van der Waals surface area contributed by atoms with E-state index >= 15 is 0 Å². The van der Waals surface area contributed by atoms with Gasteiger partial charge in [0, 0.05) is 18.2 Å². The predicted molar refractivity (Wildman–Crippen MR) is 125 cm³/mol. The fourth-order valence-corrected chi connectivity index (χ4v) is 3.58. The highest BCUT2D eigenvalue weighted by molar-refractivity contribution is 5.94. The topological polar surface area (TPSA) is 98.1 Å². The summed E-state index contributed by atoms with van der Waals surface area (Å²) in [5.41, 5.74) is 1.19. The quantitative estimate of drug-likeness (QED) is 0.410. The summed E-state index contributed by atoms with van der Waals surface area (Å²) < 4.78 is 45.4. The standard InChI is InChI=1S/C25H26F3N5O3/c1-2-29-23(34)16-5-11-19(12-6-16)33-21(22(31-32-33)24(35)30-18-9-10-18)4-3-15-36-20-13-7-17(8-14-20)25(26,27)28/h5-8,11-14,18H,2-4,9-10,15H2,1H3,(H,29,34)(H,30,35). The van der Waals surface area contributed by atoms with Gasteiger partial charge in [-0.3, -0.25) is 9.59 Å². The minimum atomic E-state index is -4.40. The molecule has 0 unspecified atom stereocenters. The van der Waals surface area contributed by atoms with E-state index < -0.39 is 11.7 Å². The number of benzene rings is 2. The van der Waals surface area contributed by atoms with E-state index in [9.17, 15) is 22.8 Å². The van der Waals surface area contributed by atoms with Gasteiger partial charge in [0.25, 0.3) is 11.8 Å². The first kappa shape index (κ1) is 25.2. The second kappa shape index (κ2) is 10.8. The lowest BCUT2D eigenvalue weighted by molar-refractivity contribution is -0.137. The zero-order chi connectivity index (χ0) is 25.7. The number of nitrogens with zero attached hydrogens (tertiary/aromatic N) is 3. The number of carbonyl (C=O) groups is 2. The molecule has 0 radical (unpaired) electrons. The number of carbonyl (C=O) groups excluding carboxylic acids is 2. The molecule has 0 saturated heterocycles. The highest BCUT2D eigenvalue weighted by Crippen LogP contribution is 2.30. The Kier molecular flexibility index (Phi) is 7.56. The van der Waals surface area contributed by atoms with Gasteiger partial charge in [0.2, 0.25) is 0 Å². The molecule has 8 nitrogen and oxygen atoms in total. The SMILES string of the molecule is CCNC(=O)c1ccc(-n2nnc(C(=O)NC3CC3)c2CCCOc2ccc(C(F)(F)F)cc2)cc1. The summed E-state index contributed by atoms with van der Waals surface area (Å²) in [7, 11) is 0. The molecule has 1 heterocycles. The molecule has 4 rings (SSSR count). The van der Waals surface area contributed by atoms with Crippen molar-refractivity contribution in [2.45, 2.75) is 44.8 Å². The van der Waals surface area contributed by atoms with Gasteiger partial charge < -0.3 is 15.4 Å². The van der Waals surface area contributed by atoms with E-state index in [0.29, 0.717) is 42.1 Å². The number of aromatic nitrogens is 3. The van der Waals surface area contributed by atoms with Gasteiger partial charge in [0.15, 0.2) is 5.69 Å². The van der Waals surface area contributed by atoms with Crippen LogP contribution in [0.1, 0.15) is 58.3 Å². The zero-order valence-electron chi connectivity index (χ0n) is 19.6. The van der Waals surface area contributed by atoms with Gasteiger partial charge in [-0.05, 0) is 81.1 Å². The second-order valence-corrected chi connectivity index (χ2v) is 8.42. The third-order valence-corrected chi connectivity index (χ3v) is 5.61. The first-order chi connectivity index (χ1) is 17.3. The fourth-order valence-electron chi connectivity index (χ4n) is 3.58. The van der Waals surface area contributed by atoms with Crippen molar-refractivity contribution in [2.24, 2.45) is 0 Å². The van der Waals surface area contributed by atoms with Gasteiger partial charge in [-0.15, -0.1) is 5.10 Å². The maximum Gasteiger partial charge on any atom is 0.416 e. The predicted octanol–water partition coefficient (Wildman–Crippen LogP) is 3.94. The first-order valence-corrected chi connectivity index (χ1v) is 11.7. The van der Waals surface area contributed by atoms with Gasteiger partial charge in [-0.2, -0.15) is 13.2 Å². The molecule has 0 aliphatic heterocycles. The van der Waals surface area contributed by atoms with E-state index in [2.05, 4.69) is 20.9 Å². The minimum absolute atomic E-state index is 0.148. The summed E-state index contributed by atoms with van der Waals surface area (Å²) in [5, 5.41) is 13.9. The maximum atomic E-state index is 12.7. The molecule has 1 aliphatic rings. The van der Waals surface area contributed by atoms with Crippen molar-refractivity contribution in [3.63, 3.8) is 0 Å². The van der Waals surface area contributed by atoms with Crippen LogP contribution in [0.5, 0.6) is 5.75 Å². The number of hydrogen-bond donors (Lipinski definition) is 2. The van der Waals surface area contributed by atoms with E-state index in [1.807, 2.05) is 6.92 Å². The Morgan fingerprint density at radius 2 is 1.75 bits per heavy atom. The van der Waals surface area contributed by atoms with Crippen LogP contribution in [-0.2, 0) is 12.6 Å². The molecular weight excluding hydrogens is 475 g/mol. The van der Waals surface area contributed by atoms with Crippen LogP contribution in [0.2, 0.25) is 0 Å². The van der Waals surface area contributed by atoms with E-state index in [0.717, 1.165) is 25.0 Å². The number of alkyl halides is 3. The number of amides is 2. The van der Waals surface area contributed by atoms with Crippen LogP contribution < -0.4 is 15.4 Å². The number of ether oxygens (including phenoxy) is 1. The molecule has 0 atom stereocenters. The van der Waals surface area contributed by atoms with E-state index in [1.165, 1.54) is 12.1 Å². The molecule has 1 aromatic heterocycles. The van der Waals surface area contributed by atoms with Crippen molar-refractivity contribution in [1.29, 1.82) is 0 Å². The molecule has 1 saturated carbocycles. The summed E-state index contributed by atoms with van der Waals surface area (Å²) in [6.45, 7) is 2.57. The van der Waals surface area contributed by atoms with Crippen LogP contribution in [0.25, 0.3) is 5.69 Å². The molecular formula is C25H26F3N5O3. The van der Waals surface area contributed by atoms with Crippen LogP contribution in [0, 0.1) is 0 Å². The molecule has 36 heavy (non-hydrogen) atoms. The second-order valence-electron chi connectivity index (χ2n) is 8.42. The van der Waals surface area contributed by atoms with Gasteiger partial charge in [-0.1, -0.05) is 5.21 Å². The van der Waals surface area contributed by atoms with Crippen molar-refractivity contribution in [3.05, 3.63) is 71.0 Å². The minimum Gasteiger partial charge on any atom is -0.494 e. The van der Waals surface area contributed by atoms with Crippen molar-refractivity contribution < 1.29 is 27.5 Å². The number of nitrogens with one attached hydrogen (secondary N) is 2. The van der Waals surface area contributed by atoms with Crippen molar-refractivity contribution >= 4 is 11.8 Å². The van der Waals surface area contributed by atoms with Crippen LogP contribution in [0.3, 0.4) is 0 Å². The summed E-state index contributed by atoms with van der Waals surface area (Å²) in [6, 6.07) is 11.4. The van der Waals surface area contributed by atoms with Gasteiger partial charge in [0.1, 0.15) is 5.75 Å². The summed E-state index contributed by atoms with van der Waals surface area (Å²) in [4.78, 5) is 24.8. The molecule has 2 amide bonds. The van der Waals surface area contributed by atoms with Gasteiger partial charge >= 0.3 is 6.18 Å². The normalized spacial score (nSPS) is 13.3. The lowest BCUT2D eigenvalue weighted by Gasteiger charge is -2.11. The average molecular weight is 502 g/mol. The lowest BCUT2D eigenvalue weighted by atomic mass is 10.1. The maximum absolute atomic E-state index is 12.7. The molecule has 1 fully saturated rings. The third-order valence-electron chi connectivity index (χ3n) is 5.61. The molecule has 2 N–H and O–H groups in total. The molecule has 1 aliphatic carbocycles. The third kappa shape index (κ3) is 6.21. The van der Waals surface area contributed by atoms with E-state index in [-0.39, 0.29) is 30.2 Å². The average Bonchev–Trinajstić information content (AvgIpc) is 3.57. The highest BCUT2D eigenvalue weighted by atomic mass is 19.4. The number of hydrogen-bond acceptors (Lipinski definition) is 5. The Hall–Kier alpha value is -3.89. The molecule has 0 spiro atoms. The molecule has 190 valence electrons. The largest absolute Gasteiger partial charge is 0.494 e. The summed E-state index contributed by atoms with van der Waals surface area (Å²) >= 11 is 0. The Bertz CT molecular complexity index is 1200. The van der Waals surface area contributed by atoms with Gasteiger partial charge in [-0.25, -0.2) is 4.68 Å². The molecule has 11 heteroatoms. The number of halogens is 3. The fraction of sp³-hybridized carbons (Fsp3) is 0.360. The smallest absolute Gasteiger partial charge is 0.416 e. The summed E-state index contributed by atoms with van der Waals surface area (Å²) in [5.74, 6) is -0.170. The van der Waals surface area contributed by atoms with Crippen LogP contribution in [-0.4, -0.2) is 46.0 Å². The van der Waals surface area contributed by atoms with Gasteiger partial charge in [0.05, 0.1) is 23.6 Å². The molecule has 3 aromatic rings. The molecule has 2 aromatic carbocycles. The number of rotatable bonds is 10. The van der Waals surface area contributed by atoms with Crippen LogP contribution in [0.15, 0.2) is 48.5 Å². The Labute approximate surface area is 205 Å². The first-order valence-electron chi connectivity index (χ1n) is 11.7. The van der Waals surface area contributed by atoms with E-state index in [4.69, 9.17) is 4.74 Å².